The summed E-state index contributed by atoms with van der Waals surface area (Å²) in [7, 11) is -0.885. The van der Waals surface area contributed by atoms with Crippen LogP contribution in [0.1, 0.15) is 13.8 Å². The van der Waals surface area contributed by atoms with E-state index in [0.29, 0.717) is 5.75 Å². The molecule has 0 saturated carbocycles. The molecule has 0 unspecified atom stereocenters. The number of hydrogen-bond acceptors (Lipinski definition) is 5. The molecular weight excluding hydrogens is 282 g/mol. The zero-order valence-electron chi connectivity index (χ0n) is 12.1. The van der Waals surface area contributed by atoms with Gasteiger partial charge in [-0.25, -0.2) is 13.1 Å². The van der Waals surface area contributed by atoms with Crippen LogP contribution in [0.4, 0.5) is 0 Å². The maximum Gasteiger partial charge on any atom is 0.244 e. The molecule has 1 aromatic carbocycles. The van der Waals surface area contributed by atoms with Gasteiger partial charge in [-0.15, -0.1) is 0 Å². The number of aliphatic hydroxyl groups is 1. The summed E-state index contributed by atoms with van der Waals surface area (Å²) in [6, 6.07) is 4.55. The van der Waals surface area contributed by atoms with Crippen LogP contribution in [0, 0.1) is 5.41 Å². The van der Waals surface area contributed by atoms with Gasteiger partial charge in [0.15, 0.2) is 0 Å². The van der Waals surface area contributed by atoms with Crippen molar-refractivity contribution in [2.45, 2.75) is 18.7 Å². The predicted octanol–water partition coefficient (Wildman–Crippen LogP) is 1.00. The number of methoxy groups -OCH3 is 2. The number of ether oxygens (including phenoxy) is 2. The van der Waals surface area contributed by atoms with E-state index in [1.807, 2.05) is 0 Å². The van der Waals surface area contributed by atoms with Crippen molar-refractivity contribution in [1.29, 1.82) is 0 Å². The van der Waals surface area contributed by atoms with E-state index in [1.54, 1.807) is 19.9 Å². The minimum atomic E-state index is -3.75. The molecule has 1 aromatic rings. The topological polar surface area (TPSA) is 84.9 Å². The van der Waals surface area contributed by atoms with Crippen LogP contribution in [0.2, 0.25) is 0 Å². The number of rotatable bonds is 7. The maximum atomic E-state index is 12.3. The fraction of sp³-hybridized carbons (Fsp3) is 0.538. The molecule has 1 rings (SSSR count). The van der Waals surface area contributed by atoms with Crippen LogP contribution in [0.3, 0.4) is 0 Å². The lowest BCUT2D eigenvalue weighted by Gasteiger charge is -2.22. The second kappa shape index (κ2) is 6.43. The summed E-state index contributed by atoms with van der Waals surface area (Å²) in [6.45, 7) is 3.52. The number of nitrogens with one attached hydrogen (secondary N) is 1. The summed E-state index contributed by atoms with van der Waals surface area (Å²) in [5.74, 6) is 0.660. The van der Waals surface area contributed by atoms with Crippen LogP contribution >= 0.6 is 0 Å². The van der Waals surface area contributed by atoms with Crippen molar-refractivity contribution in [3.63, 3.8) is 0 Å². The lowest BCUT2D eigenvalue weighted by molar-refractivity contribution is 0.163. The van der Waals surface area contributed by atoms with Crippen LogP contribution in [0.15, 0.2) is 23.1 Å². The number of benzene rings is 1. The van der Waals surface area contributed by atoms with Gasteiger partial charge in [0, 0.05) is 24.6 Å². The lowest BCUT2D eigenvalue weighted by atomic mass is 9.96. The number of aliphatic hydroxyl groups excluding tert-OH is 1. The lowest BCUT2D eigenvalue weighted by Crippen LogP contribution is -2.36. The minimum Gasteiger partial charge on any atom is -0.497 e. The molecule has 0 amide bonds. The zero-order valence-corrected chi connectivity index (χ0v) is 13.0. The molecule has 0 fully saturated rings. The van der Waals surface area contributed by atoms with Crippen molar-refractivity contribution in [3.8, 4) is 11.5 Å². The highest BCUT2D eigenvalue weighted by Crippen LogP contribution is 2.28. The second-order valence-corrected chi connectivity index (χ2v) is 6.90. The fourth-order valence-corrected chi connectivity index (χ4v) is 2.84. The van der Waals surface area contributed by atoms with Crippen LogP contribution in [-0.2, 0) is 10.0 Å². The highest BCUT2D eigenvalue weighted by atomic mass is 32.2. The van der Waals surface area contributed by atoms with E-state index < -0.39 is 15.4 Å². The van der Waals surface area contributed by atoms with Crippen molar-refractivity contribution in [3.05, 3.63) is 18.2 Å². The predicted molar refractivity (Wildman–Crippen MR) is 75.6 cm³/mol. The molecule has 7 heteroatoms. The van der Waals surface area contributed by atoms with Crippen LogP contribution in [0.25, 0.3) is 0 Å². The summed E-state index contributed by atoms with van der Waals surface area (Å²) in [5.41, 5.74) is -0.542. The highest BCUT2D eigenvalue weighted by Gasteiger charge is 2.24. The Bertz CT molecular complexity index is 554. The van der Waals surface area contributed by atoms with Crippen molar-refractivity contribution in [1.82, 2.24) is 4.72 Å². The Kier molecular flexibility index (Phi) is 5.38. The Morgan fingerprint density at radius 1 is 1.25 bits per heavy atom. The summed E-state index contributed by atoms with van der Waals surface area (Å²) in [4.78, 5) is 0.00749. The molecule has 0 bridgehead atoms. The van der Waals surface area contributed by atoms with Crippen molar-refractivity contribution in [2.75, 3.05) is 27.4 Å². The Labute approximate surface area is 119 Å². The van der Waals surface area contributed by atoms with Gasteiger partial charge in [0.2, 0.25) is 10.0 Å². The average Bonchev–Trinajstić information content (AvgIpc) is 2.44. The van der Waals surface area contributed by atoms with Crippen molar-refractivity contribution < 1.29 is 23.0 Å². The molecular formula is C13H21NO5S. The largest absolute Gasteiger partial charge is 0.497 e. The molecule has 6 nitrogen and oxygen atoms in total. The van der Waals surface area contributed by atoms with Gasteiger partial charge in [-0.3, -0.25) is 0 Å². The average molecular weight is 303 g/mol. The third-order valence-corrected chi connectivity index (χ3v) is 4.25. The molecule has 0 heterocycles. The summed E-state index contributed by atoms with van der Waals surface area (Å²) in [5, 5.41) is 9.16. The van der Waals surface area contributed by atoms with Gasteiger partial charge in [-0.1, -0.05) is 13.8 Å². The fourth-order valence-electron chi connectivity index (χ4n) is 1.42. The first-order valence-electron chi connectivity index (χ1n) is 6.08. The first-order valence-corrected chi connectivity index (χ1v) is 7.56. The van der Waals surface area contributed by atoms with Gasteiger partial charge in [0.25, 0.3) is 0 Å². The highest BCUT2D eigenvalue weighted by molar-refractivity contribution is 7.89. The Morgan fingerprint density at radius 2 is 1.90 bits per heavy atom. The van der Waals surface area contributed by atoms with Gasteiger partial charge in [0.1, 0.15) is 16.4 Å². The van der Waals surface area contributed by atoms with Crippen LogP contribution in [0.5, 0.6) is 11.5 Å². The third-order valence-electron chi connectivity index (χ3n) is 2.83. The first kappa shape index (κ1) is 16.7. The number of sulfonamides is 1. The summed E-state index contributed by atoms with van der Waals surface area (Å²) in [6.07, 6.45) is 0. The van der Waals surface area contributed by atoms with Gasteiger partial charge in [-0.05, 0) is 12.1 Å². The van der Waals surface area contributed by atoms with E-state index >= 15 is 0 Å². The molecule has 0 spiro atoms. The van der Waals surface area contributed by atoms with Crippen molar-refractivity contribution >= 4 is 10.0 Å². The van der Waals surface area contributed by atoms with Crippen LogP contribution in [-0.4, -0.2) is 40.9 Å². The van der Waals surface area contributed by atoms with E-state index in [-0.39, 0.29) is 23.8 Å². The Hall–Kier alpha value is -1.31. The number of hydrogen-bond donors (Lipinski definition) is 2. The molecule has 0 aliphatic rings. The molecule has 0 aliphatic carbocycles. The zero-order chi connectivity index (χ0) is 15.4. The molecule has 20 heavy (non-hydrogen) atoms. The minimum absolute atomic E-state index is 0.00749. The molecule has 0 radical (unpaired) electrons. The first-order chi connectivity index (χ1) is 9.25. The van der Waals surface area contributed by atoms with E-state index in [1.165, 1.54) is 26.4 Å². The normalized spacial score (nSPS) is 12.2. The molecule has 0 atom stereocenters. The van der Waals surface area contributed by atoms with E-state index in [9.17, 15) is 8.42 Å². The summed E-state index contributed by atoms with van der Waals surface area (Å²) < 4.78 is 37.2. The Balaban J connectivity index is 3.08. The Morgan fingerprint density at radius 3 is 2.40 bits per heavy atom. The van der Waals surface area contributed by atoms with Gasteiger partial charge in [0.05, 0.1) is 14.2 Å². The standard InChI is InChI=1S/C13H21NO5S/c1-13(2,9-15)8-14-20(16,17)12-7-10(18-3)5-6-11(12)19-4/h5-7,14-15H,8-9H2,1-4H3. The molecule has 0 aliphatic heterocycles. The van der Waals surface area contributed by atoms with E-state index in [0.717, 1.165) is 0 Å². The molecule has 114 valence electrons. The smallest absolute Gasteiger partial charge is 0.244 e. The maximum absolute atomic E-state index is 12.3. The quantitative estimate of drug-likeness (QED) is 0.785. The van der Waals surface area contributed by atoms with Crippen molar-refractivity contribution in [2.24, 2.45) is 5.41 Å². The van der Waals surface area contributed by atoms with E-state index in [2.05, 4.69) is 4.72 Å². The van der Waals surface area contributed by atoms with Gasteiger partial charge >= 0.3 is 0 Å². The molecule has 0 saturated heterocycles. The monoisotopic (exact) mass is 303 g/mol. The molecule has 0 aromatic heterocycles. The van der Waals surface area contributed by atoms with Gasteiger partial charge in [-0.2, -0.15) is 0 Å². The molecule has 2 N–H and O–H groups in total. The SMILES string of the molecule is COc1ccc(OC)c(S(=O)(=O)NCC(C)(C)CO)c1. The van der Waals surface area contributed by atoms with E-state index in [4.69, 9.17) is 14.6 Å². The second-order valence-electron chi connectivity index (χ2n) is 5.16. The van der Waals surface area contributed by atoms with Gasteiger partial charge < -0.3 is 14.6 Å². The van der Waals surface area contributed by atoms with Crippen LogP contribution < -0.4 is 14.2 Å². The third kappa shape index (κ3) is 4.09. The summed E-state index contributed by atoms with van der Waals surface area (Å²) >= 11 is 0.